The van der Waals surface area contributed by atoms with Gasteiger partial charge in [-0.3, -0.25) is 4.99 Å². The van der Waals surface area contributed by atoms with Crippen molar-refractivity contribution in [2.75, 3.05) is 6.54 Å². The van der Waals surface area contributed by atoms with E-state index in [0.717, 1.165) is 12.8 Å². The van der Waals surface area contributed by atoms with E-state index in [4.69, 9.17) is 5.73 Å². The fourth-order valence-electron chi connectivity index (χ4n) is 3.12. The van der Waals surface area contributed by atoms with Gasteiger partial charge in [0, 0.05) is 30.6 Å². The van der Waals surface area contributed by atoms with Crippen molar-refractivity contribution in [3.05, 3.63) is 76.8 Å². The number of nitrogens with zero attached hydrogens (tertiary/aromatic N) is 2. The van der Waals surface area contributed by atoms with Crippen LogP contribution in [0.3, 0.4) is 0 Å². The summed E-state index contributed by atoms with van der Waals surface area (Å²) in [6, 6.07) is 8.68. The molecule has 1 aromatic carbocycles. The Hall–Kier alpha value is -2.55. The first kappa shape index (κ1) is 20.8. The molecule has 3 nitrogen and oxygen atoms in total. The van der Waals surface area contributed by atoms with Crippen LogP contribution in [0.1, 0.15) is 58.1 Å². The Kier molecular flexibility index (Phi) is 7.66. The molecule has 2 rings (SSSR count). The lowest BCUT2D eigenvalue weighted by Gasteiger charge is -2.30. The first-order chi connectivity index (χ1) is 13.0. The summed E-state index contributed by atoms with van der Waals surface area (Å²) in [5, 5.41) is 0. The van der Waals surface area contributed by atoms with Gasteiger partial charge in [0.25, 0.3) is 0 Å². The largest absolute Gasteiger partial charge is 0.387 e. The first-order valence-corrected chi connectivity index (χ1v) is 9.87. The lowest BCUT2D eigenvalue weighted by atomic mass is 10.00. The Morgan fingerprint density at radius 2 is 1.85 bits per heavy atom. The summed E-state index contributed by atoms with van der Waals surface area (Å²) < 4.78 is 0. The number of hydrogen-bond donors (Lipinski definition) is 1. The van der Waals surface area contributed by atoms with E-state index >= 15 is 0 Å². The molecule has 0 fully saturated rings. The van der Waals surface area contributed by atoms with Crippen LogP contribution in [-0.4, -0.2) is 17.3 Å². The van der Waals surface area contributed by atoms with Crippen molar-refractivity contribution >= 4 is 11.4 Å². The lowest BCUT2D eigenvalue weighted by Crippen LogP contribution is -2.24. The van der Waals surface area contributed by atoms with Crippen molar-refractivity contribution in [1.29, 1.82) is 0 Å². The molecule has 0 saturated heterocycles. The molecule has 0 radical (unpaired) electrons. The standard InChI is InChI=1S/C24H33N3/c1-6-8-9-22-16-19(4)14-15-27(22)23(17-24(25)26-7-2)20(5)21-12-10-18(3)11-13-21/h9-16H,6-8,17H2,1-5H3,(H2,25,26)/b22-9+,23-20+. The number of aliphatic imine (C=N–C) groups is 1. The van der Waals surface area contributed by atoms with Gasteiger partial charge in [-0.2, -0.15) is 0 Å². The summed E-state index contributed by atoms with van der Waals surface area (Å²) in [5.41, 5.74) is 13.6. The maximum absolute atomic E-state index is 6.23. The van der Waals surface area contributed by atoms with E-state index in [2.05, 4.69) is 86.3 Å². The number of aryl methyl sites for hydroxylation is 1. The van der Waals surface area contributed by atoms with E-state index in [9.17, 15) is 0 Å². The molecule has 0 aliphatic carbocycles. The topological polar surface area (TPSA) is 41.6 Å². The zero-order valence-electron chi connectivity index (χ0n) is 17.4. The highest BCUT2D eigenvalue weighted by Gasteiger charge is 2.18. The van der Waals surface area contributed by atoms with Gasteiger partial charge in [-0.1, -0.05) is 49.2 Å². The number of nitrogens with two attached hydrogens (primary N) is 1. The summed E-state index contributed by atoms with van der Waals surface area (Å²) in [6.07, 6.45) is 11.7. The van der Waals surface area contributed by atoms with Crippen LogP contribution in [0.5, 0.6) is 0 Å². The van der Waals surface area contributed by atoms with Crippen molar-refractivity contribution in [3.8, 4) is 0 Å². The third kappa shape index (κ3) is 5.72. The van der Waals surface area contributed by atoms with E-state index in [1.807, 2.05) is 6.92 Å². The Morgan fingerprint density at radius 1 is 1.15 bits per heavy atom. The van der Waals surface area contributed by atoms with Crippen LogP contribution >= 0.6 is 0 Å². The van der Waals surface area contributed by atoms with Crippen LogP contribution in [0.25, 0.3) is 5.57 Å². The molecule has 1 aliphatic heterocycles. The number of rotatable bonds is 7. The van der Waals surface area contributed by atoms with E-state index in [0.29, 0.717) is 18.8 Å². The smallest absolute Gasteiger partial charge is 0.0996 e. The first-order valence-electron chi connectivity index (χ1n) is 9.87. The van der Waals surface area contributed by atoms with Crippen molar-refractivity contribution in [2.24, 2.45) is 10.7 Å². The third-order valence-corrected chi connectivity index (χ3v) is 4.70. The quantitative estimate of drug-likeness (QED) is 0.480. The fourth-order valence-corrected chi connectivity index (χ4v) is 3.12. The van der Waals surface area contributed by atoms with Crippen LogP contribution < -0.4 is 5.73 Å². The second-order valence-corrected chi connectivity index (χ2v) is 7.07. The van der Waals surface area contributed by atoms with E-state index in [1.54, 1.807) is 0 Å². The zero-order valence-corrected chi connectivity index (χ0v) is 17.4. The normalized spacial score (nSPS) is 17.2. The molecule has 0 atom stereocenters. The van der Waals surface area contributed by atoms with Gasteiger partial charge in [0.15, 0.2) is 0 Å². The van der Waals surface area contributed by atoms with Crippen molar-refractivity contribution in [3.63, 3.8) is 0 Å². The summed E-state index contributed by atoms with van der Waals surface area (Å²) in [7, 11) is 0. The maximum atomic E-state index is 6.23. The minimum atomic E-state index is 0.633. The predicted octanol–water partition coefficient (Wildman–Crippen LogP) is 5.95. The van der Waals surface area contributed by atoms with Gasteiger partial charge in [-0.05, 0) is 63.0 Å². The molecule has 1 heterocycles. The van der Waals surface area contributed by atoms with Crippen LogP contribution in [0.15, 0.2) is 70.7 Å². The minimum Gasteiger partial charge on any atom is -0.387 e. The van der Waals surface area contributed by atoms with E-state index in [1.165, 1.54) is 33.7 Å². The van der Waals surface area contributed by atoms with Gasteiger partial charge in [0.1, 0.15) is 0 Å². The van der Waals surface area contributed by atoms with Gasteiger partial charge in [0.2, 0.25) is 0 Å². The third-order valence-electron chi connectivity index (χ3n) is 4.70. The Morgan fingerprint density at radius 3 is 2.48 bits per heavy atom. The molecule has 1 aliphatic rings. The molecule has 0 saturated carbocycles. The molecule has 27 heavy (non-hydrogen) atoms. The van der Waals surface area contributed by atoms with E-state index < -0.39 is 0 Å². The molecule has 1 aromatic rings. The van der Waals surface area contributed by atoms with Gasteiger partial charge in [-0.15, -0.1) is 0 Å². The highest BCUT2D eigenvalue weighted by Crippen LogP contribution is 2.30. The molecule has 3 heteroatoms. The molecule has 144 valence electrons. The SMILES string of the molecule is CCC/C=C1\C=C(C)C=CN1/C(CC(N)=NCC)=C(\C)c1ccc(C)cc1. The zero-order chi connectivity index (χ0) is 19.8. The average molecular weight is 364 g/mol. The summed E-state index contributed by atoms with van der Waals surface area (Å²) in [6.45, 7) is 11.4. The lowest BCUT2D eigenvalue weighted by molar-refractivity contribution is 0.573. The van der Waals surface area contributed by atoms with Crippen molar-refractivity contribution in [1.82, 2.24) is 4.90 Å². The minimum absolute atomic E-state index is 0.633. The summed E-state index contributed by atoms with van der Waals surface area (Å²) in [4.78, 5) is 6.70. The fraction of sp³-hybridized carbons (Fsp3) is 0.375. The molecule has 0 amide bonds. The van der Waals surface area contributed by atoms with Gasteiger partial charge < -0.3 is 10.6 Å². The Balaban J connectivity index is 2.54. The summed E-state index contributed by atoms with van der Waals surface area (Å²) in [5.74, 6) is 0.675. The Bertz CT molecular complexity index is 789. The van der Waals surface area contributed by atoms with Crippen molar-refractivity contribution < 1.29 is 0 Å². The van der Waals surface area contributed by atoms with Crippen LogP contribution in [0.4, 0.5) is 0 Å². The van der Waals surface area contributed by atoms with Gasteiger partial charge in [0.05, 0.1) is 5.84 Å². The Labute approximate surface area is 164 Å². The number of unbranched alkanes of at least 4 members (excludes halogenated alkanes) is 1. The molecular formula is C24H33N3. The highest BCUT2D eigenvalue weighted by molar-refractivity contribution is 5.85. The average Bonchev–Trinajstić information content (AvgIpc) is 2.65. The van der Waals surface area contributed by atoms with E-state index in [-0.39, 0.29) is 0 Å². The number of allylic oxidation sites excluding steroid dienone is 5. The molecule has 0 aromatic heterocycles. The monoisotopic (exact) mass is 363 g/mol. The number of amidine groups is 1. The number of hydrogen-bond acceptors (Lipinski definition) is 2. The maximum Gasteiger partial charge on any atom is 0.0996 e. The highest BCUT2D eigenvalue weighted by atomic mass is 15.1. The second-order valence-electron chi connectivity index (χ2n) is 7.07. The predicted molar refractivity (Wildman–Crippen MR) is 118 cm³/mol. The molecule has 2 N–H and O–H groups in total. The molecular weight excluding hydrogens is 330 g/mol. The van der Waals surface area contributed by atoms with Crippen molar-refractivity contribution in [2.45, 2.75) is 53.9 Å². The molecule has 0 spiro atoms. The second kappa shape index (κ2) is 9.96. The van der Waals surface area contributed by atoms with Gasteiger partial charge in [-0.25, -0.2) is 0 Å². The van der Waals surface area contributed by atoms with Gasteiger partial charge >= 0.3 is 0 Å². The summed E-state index contributed by atoms with van der Waals surface area (Å²) >= 11 is 0. The molecule has 0 bridgehead atoms. The van der Waals surface area contributed by atoms with Crippen LogP contribution in [0, 0.1) is 6.92 Å². The molecule has 0 unspecified atom stereocenters. The van der Waals surface area contributed by atoms with Crippen LogP contribution in [-0.2, 0) is 0 Å². The number of benzene rings is 1. The van der Waals surface area contributed by atoms with Crippen LogP contribution in [0.2, 0.25) is 0 Å².